The highest BCUT2D eigenvalue weighted by Crippen LogP contribution is 2.41. The van der Waals surface area contributed by atoms with E-state index in [9.17, 15) is 0 Å². The van der Waals surface area contributed by atoms with Crippen LogP contribution >= 0.6 is 31.9 Å². The van der Waals surface area contributed by atoms with Crippen LogP contribution < -0.4 is 5.32 Å². The number of hydrogen-bond acceptors (Lipinski definition) is 2. The van der Waals surface area contributed by atoms with Crippen LogP contribution in [0.1, 0.15) is 57.7 Å². The lowest BCUT2D eigenvalue weighted by atomic mass is 9.73. The molecular formula is C16H24Br2N2. The maximum Gasteiger partial charge on any atom is 0.0718 e. The largest absolute Gasteiger partial charge is 0.309 e. The standard InChI is InChI=1S/C16H24Br2N2/c1-3-11-7-5-6-8-13(11)15(19-4-2)16-14(18)9-12(17)10-20-16/h9-11,13,15,19H,3-8H2,1-2H3. The molecule has 2 rings (SSSR count). The third-order valence-corrected chi connectivity index (χ3v) is 5.54. The van der Waals surface area contributed by atoms with Crippen molar-refractivity contribution in [2.75, 3.05) is 6.54 Å². The van der Waals surface area contributed by atoms with Gasteiger partial charge in [0.15, 0.2) is 0 Å². The summed E-state index contributed by atoms with van der Waals surface area (Å²) in [7, 11) is 0. The van der Waals surface area contributed by atoms with E-state index >= 15 is 0 Å². The molecule has 112 valence electrons. The van der Waals surface area contributed by atoms with Crippen LogP contribution in [0.5, 0.6) is 0 Å². The van der Waals surface area contributed by atoms with Gasteiger partial charge in [-0.1, -0.05) is 39.5 Å². The molecule has 1 aliphatic rings. The van der Waals surface area contributed by atoms with Crippen LogP contribution in [0.2, 0.25) is 0 Å². The second-order valence-corrected chi connectivity index (χ2v) is 7.44. The molecule has 1 aliphatic carbocycles. The van der Waals surface area contributed by atoms with Gasteiger partial charge in [-0.05, 0) is 62.7 Å². The van der Waals surface area contributed by atoms with E-state index in [1.807, 2.05) is 6.20 Å². The summed E-state index contributed by atoms with van der Waals surface area (Å²) in [5.74, 6) is 1.53. The predicted molar refractivity (Wildman–Crippen MR) is 91.8 cm³/mol. The molecule has 0 saturated heterocycles. The minimum absolute atomic E-state index is 0.368. The zero-order valence-corrected chi connectivity index (χ0v) is 15.5. The summed E-state index contributed by atoms with van der Waals surface area (Å²) in [5, 5.41) is 3.69. The fourth-order valence-electron chi connectivity index (χ4n) is 3.51. The summed E-state index contributed by atoms with van der Waals surface area (Å²) >= 11 is 7.19. The van der Waals surface area contributed by atoms with Crippen molar-refractivity contribution in [3.05, 3.63) is 26.9 Å². The van der Waals surface area contributed by atoms with E-state index in [-0.39, 0.29) is 0 Å². The van der Waals surface area contributed by atoms with Crippen LogP contribution in [0.15, 0.2) is 21.2 Å². The molecule has 0 aromatic carbocycles. The fraction of sp³-hybridized carbons (Fsp3) is 0.688. The van der Waals surface area contributed by atoms with Crippen molar-refractivity contribution in [3.8, 4) is 0 Å². The Kier molecular flexibility index (Phi) is 6.50. The van der Waals surface area contributed by atoms with Crippen molar-refractivity contribution in [3.63, 3.8) is 0 Å². The lowest BCUT2D eigenvalue weighted by molar-refractivity contribution is 0.174. The molecule has 0 aliphatic heterocycles. The minimum atomic E-state index is 0.368. The number of nitrogens with one attached hydrogen (secondary N) is 1. The first-order valence-electron chi connectivity index (χ1n) is 7.71. The summed E-state index contributed by atoms with van der Waals surface area (Å²) in [6.07, 6.45) is 8.63. The Morgan fingerprint density at radius 1 is 1.30 bits per heavy atom. The molecule has 1 aromatic rings. The summed E-state index contributed by atoms with van der Waals surface area (Å²) in [6, 6.07) is 2.48. The highest BCUT2D eigenvalue weighted by molar-refractivity contribution is 9.11. The smallest absolute Gasteiger partial charge is 0.0718 e. The molecule has 20 heavy (non-hydrogen) atoms. The Morgan fingerprint density at radius 3 is 2.70 bits per heavy atom. The van der Waals surface area contributed by atoms with Crippen LogP contribution in [0, 0.1) is 11.8 Å². The van der Waals surface area contributed by atoms with Gasteiger partial charge >= 0.3 is 0 Å². The average Bonchev–Trinajstić information content (AvgIpc) is 2.45. The molecule has 1 N–H and O–H groups in total. The monoisotopic (exact) mass is 402 g/mol. The fourth-order valence-corrected chi connectivity index (χ4v) is 4.74. The molecular weight excluding hydrogens is 380 g/mol. The Morgan fingerprint density at radius 2 is 2.05 bits per heavy atom. The van der Waals surface area contributed by atoms with Gasteiger partial charge in [-0.2, -0.15) is 0 Å². The molecule has 3 unspecified atom stereocenters. The van der Waals surface area contributed by atoms with Gasteiger partial charge in [0.2, 0.25) is 0 Å². The second kappa shape index (κ2) is 7.90. The first-order valence-corrected chi connectivity index (χ1v) is 9.30. The van der Waals surface area contributed by atoms with Gasteiger partial charge in [-0.25, -0.2) is 0 Å². The van der Waals surface area contributed by atoms with Crippen LogP contribution in [0.25, 0.3) is 0 Å². The highest BCUT2D eigenvalue weighted by atomic mass is 79.9. The number of nitrogens with zero attached hydrogens (tertiary/aromatic N) is 1. The Hall–Kier alpha value is 0.0700. The lowest BCUT2D eigenvalue weighted by Gasteiger charge is -2.37. The SMILES string of the molecule is CCNC(c1ncc(Br)cc1Br)C1CCCCC1CC. The quantitative estimate of drug-likeness (QED) is 0.704. The normalized spacial score (nSPS) is 24.6. The molecule has 0 amide bonds. The molecule has 1 saturated carbocycles. The van der Waals surface area contributed by atoms with Gasteiger partial charge in [-0.15, -0.1) is 0 Å². The van der Waals surface area contributed by atoms with E-state index < -0.39 is 0 Å². The number of aromatic nitrogens is 1. The Balaban J connectivity index is 2.29. The first-order chi connectivity index (χ1) is 9.67. The maximum atomic E-state index is 4.68. The van der Waals surface area contributed by atoms with Crippen molar-refractivity contribution in [1.82, 2.24) is 10.3 Å². The topological polar surface area (TPSA) is 24.9 Å². The number of rotatable bonds is 5. The third-order valence-electron chi connectivity index (χ3n) is 4.48. The maximum absolute atomic E-state index is 4.68. The molecule has 4 heteroatoms. The van der Waals surface area contributed by atoms with Crippen molar-refractivity contribution < 1.29 is 0 Å². The molecule has 0 spiro atoms. The van der Waals surface area contributed by atoms with Gasteiger partial charge in [0.05, 0.1) is 11.7 Å². The number of halogens is 2. The minimum Gasteiger partial charge on any atom is -0.309 e. The van der Waals surface area contributed by atoms with Gasteiger partial charge in [-0.3, -0.25) is 4.98 Å². The van der Waals surface area contributed by atoms with Crippen LogP contribution in [0.3, 0.4) is 0 Å². The summed E-state index contributed by atoms with van der Waals surface area (Å²) in [6.45, 7) is 5.50. The molecule has 2 nitrogen and oxygen atoms in total. The van der Waals surface area contributed by atoms with Gasteiger partial charge < -0.3 is 5.32 Å². The Bertz CT molecular complexity index is 436. The van der Waals surface area contributed by atoms with Gasteiger partial charge in [0, 0.05) is 15.1 Å². The molecule has 1 heterocycles. The van der Waals surface area contributed by atoms with Crippen molar-refractivity contribution in [2.24, 2.45) is 11.8 Å². The van der Waals surface area contributed by atoms with Crippen LogP contribution in [-0.4, -0.2) is 11.5 Å². The van der Waals surface area contributed by atoms with Crippen molar-refractivity contribution in [2.45, 2.75) is 52.0 Å². The summed E-state index contributed by atoms with van der Waals surface area (Å²) in [4.78, 5) is 4.68. The average molecular weight is 404 g/mol. The zero-order chi connectivity index (χ0) is 14.5. The molecule has 1 fully saturated rings. The lowest BCUT2D eigenvalue weighted by Crippen LogP contribution is -2.35. The molecule has 0 radical (unpaired) electrons. The second-order valence-electron chi connectivity index (χ2n) is 5.67. The molecule has 1 aromatic heterocycles. The predicted octanol–water partition coefficient (Wildman–Crippen LogP) is 5.47. The summed E-state index contributed by atoms with van der Waals surface area (Å²) < 4.78 is 2.14. The molecule has 3 atom stereocenters. The molecule has 0 bridgehead atoms. The van der Waals surface area contributed by atoms with E-state index in [1.165, 1.54) is 37.8 Å². The summed E-state index contributed by atoms with van der Waals surface area (Å²) in [5.41, 5.74) is 1.17. The van der Waals surface area contributed by atoms with Crippen molar-refractivity contribution in [1.29, 1.82) is 0 Å². The zero-order valence-electron chi connectivity index (χ0n) is 12.3. The third kappa shape index (κ3) is 3.83. The van der Waals surface area contributed by atoms with E-state index in [0.717, 1.165) is 21.4 Å². The van der Waals surface area contributed by atoms with Gasteiger partial charge in [0.1, 0.15) is 0 Å². The number of pyridine rings is 1. The van der Waals surface area contributed by atoms with E-state index in [2.05, 4.69) is 62.1 Å². The Labute approximate surface area is 139 Å². The van der Waals surface area contributed by atoms with E-state index in [1.54, 1.807) is 0 Å². The van der Waals surface area contributed by atoms with Crippen LogP contribution in [-0.2, 0) is 0 Å². The number of hydrogen-bond donors (Lipinski definition) is 1. The first kappa shape index (κ1) is 16.4. The van der Waals surface area contributed by atoms with Crippen LogP contribution in [0.4, 0.5) is 0 Å². The van der Waals surface area contributed by atoms with Crippen molar-refractivity contribution >= 4 is 31.9 Å². The van der Waals surface area contributed by atoms with E-state index in [0.29, 0.717) is 12.0 Å². The van der Waals surface area contributed by atoms with E-state index in [4.69, 9.17) is 0 Å². The van der Waals surface area contributed by atoms with Gasteiger partial charge in [0.25, 0.3) is 0 Å². The highest BCUT2D eigenvalue weighted by Gasteiger charge is 2.32.